The summed E-state index contributed by atoms with van der Waals surface area (Å²) in [4.78, 5) is 15.6. The molecule has 0 fully saturated rings. The van der Waals surface area contributed by atoms with E-state index in [4.69, 9.17) is 5.11 Å². The number of hydrogen-bond acceptors (Lipinski definition) is 4. The van der Waals surface area contributed by atoms with Crippen LogP contribution in [-0.2, 0) is 6.42 Å². The largest absolute Gasteiger partial charge is 0.477 e. The van der Waals surface area contributed by atoms with Gasteiger partial charge in [0.2, 0.25) is 0 Å². The quantitative estimate of drug-likeness (QED) is 0.599. The van der Waals surface area contributed by atoms with Crippen molar-refractivity contribution in [3.05, 3.63) is 27.2 Å². The predicted molar refractivity (Wildman–Crippen MR) is 81.6 cm³/mol. The molecule has 0 saturated carbocycles. The first-order valence-electron chi connectivity index (χ1n) is 7.25. The van der Waals surface area contributed by atoms with Crippen LogP contribution in [0.1, 0.15) is 52.5 Å². The Bertz CT molecular complexity index is 494. The lowest BCUT2D eigenvalue weighted by molar-refractivity contribution is 0.0701. The molecule has 1 heterocycles. The molecule has 0 aromatic carbocycles. The van der Waals surface area contributed by atoms with E-state index < -0.39 is 5.97 Å². The summed E-state index contributed by atoms with van der Waals surface area (Å²) in [5, 5.41) is 13.3. The van der Waals surface area contributed by atoms with Crippen molar-refractivity contribution in [2.75, 3.05) is 13.1 Å². The number of thiazole rings is 1. The minimum Gasteiger partial charge on any atom is -0.477 e. The fourth-order valence-electron chi connectivity index (χ4n) is 2.46. The molecule has 1 aliphatic carbocycles. The van der Waals surface area contributed by atoms with Crippen LogP contribution in [0.3, 0.4) is 0 Å². The van der Waals surface area contributed by atoms with E-state index in [1.807, 2.05) is 0 Å². The summed E-state index contributed by atoms with van der Waals surface area (Å²) < 4.78 is 0. The molecular formula is C15H22N2O2S. The van der Waals surface area contributed by atoms with Gasteiger partial charge in [-0.05, 0) is 45.6 Å². The second-order valence-electron chi connectivity index (χ2n) is 5.19. The second kappa shape index (κ2) is 7.55. The van der Waals surface area contributed by atoms with Crippen molar-refractivity contribution in [1.82, 2.24) is 10.3 Å². The van der Waals surface area contributed by atoms with Gasteiger partial charge in [0, 0.05) is 13.0 Å². The average molecular weight is 294 g/mol. The van der Waals surface area contributed by atoms with Crippen molar-refractivity contribution in [2.24, 2.45) is 0 Å². The fourth-order valence-corrected chi connectivity index (χ4v) is 3.36. The highest BCUT2D eigenvalue weighted by molar-refractivity contribution is 7.13. The maximum absolute atomic E-state index is 10.9. The topological polar surface area (TPSA) is 62.2 Å². The molecule has 2 rings (SSSR count). The van der Waals surface area contributed by atoms with Crippen molar-refractivity contribution in [1.29, 1.82) is 0 Å². The molecule has 0 unspecified atom stereocenters. The fraction of sp³-hybridized carbons (Fsp3) is 0.600. The molecule has 1 aromatic heterocycles. The maximum atomic E-state index is 10.9. The van der Waals surface area contributed by atoms with Gasteiger partial charge in [0.25, 0.3) is 0 Å². The Hall–Kier alpha value is -1.20. The standard InChI is InChI=1S/C15H22N2O2S/c1-11-14(15(18)19)20-13(17-11)8-10-16-9-7-12-5-3-2-4-6-12/h5,16H,2-4,6-10H2,1H3,(H,18,19). The summed E-state index contributed by atoms with van der Waals surface area (Å²) in [6.07, 6.45) is 9.50. The number of carboxylic acid groups (broad SMARTS) is 1. The third-order valence-electron chi connectivity index (χ3n) is 3.56. The highest BCUT2D eigenvalue weighted by Crippen LogP contribution is 2.20. The molecule has 0 atom stereocenters. The summed E-state index contributed by atoms with van der Waals surface area (Å²) in [5.41, 5.74) is 2.21. The van der Waals surface area contributed by atoms with Gasteiger partial charge in [-0.25, -0.2) is 9.78 Å². The minimum absolute atomic E-state index is 0.368. The highest BCUT2D eigenvalue weighted by atomic mass is 32.1. The van der Waals surface area contributed by atoms with Crippen LogP contribution in [0.4, 0.5) is 0 Å². The van der Waals surface area contributed by atoms with Crippen LogP contribution in [0.15, 0.2) is 11.6 Å². The number of nitrogens with one attached hydrogen (secondary N) is 1. The summed E-state index contributed by atoms with van der Waals surface area (Å²) >= 11 is 1.29. The molecule has 0 radical (unpaired) electrons. The van der Waals surface area contributed by atoms with Crippen LogP contribution in [0, 0.1) is 6.92 Å². The molecule has 0 saturated heterocycles. The van der Waals surface area contributed by atoms with Gasteiger partial charge in [0.1, 0.15) is 4.88 Å². The summed E-state index contributed by atoms with van der Waals surface area (Å²) in [5.74, 6) is -0.872. The third-order valence-corrected chi connectivity index (χ3v) is 4.76. The smallest absolute Gasteiger partial charge is 0.347 e. The van der Waals surface area contributed by atoms with E-state index in [0.717, 1.165) is 30.9 Å². The number of carboxylic acids is 1. The Morgan fingerprint density at radius 2 is 2.20 bits per heavy atom. The number of aromatic nitrogens is 1. The van der Waals surface area contributed by atoms with E-state index in [0.29, 0.717) is 10.6 Å². The van der Waals surface area contributed by atoms with Crippen LogP contribution in [-0.4, -0.2) is 29.1 Å². The van der Waals surface area contributed by atoms with Crippen molar-refractivity contribution in [3.8, 4) is 0 Å². The minimum atomic E-state index is -0.872. The molecule has 1 aliphatic rings. The zero-order chi connectivity index (χ0) is 14.4. The number of aryl methyl sites for hydroxylation is 1. The number of rotatable bonds is 7. The van der Waals surface area contributed by atoms with Gasteiger partial charge in [-0.3, -0.25) is 0 Å². The van der Waals surface area contributed by atoms with Crippen LogP contribution in [0.25, 0.3) is 0 Å². The number of carbonyl (C=O) groups is 1. The molecule has 0 amide bonds. The zero-order valence-electron chi connectivity index (χ0n) is 11.9. The Balaban J connectivity index is 1.67. The predicted octanol–water partition coefficient (Wildman–Crippen LogP) is 3.17. The molecule has 2 N–H and O–H groups in total. The average Bonchev–Trinajstić information content (AvgIpc) is 2.81. The Kier molecular flexibility index (Phi) is 5.73. The monoisotopic (exact) mass is 294 g/mol. The van der Waals surface area contributed by atoms with Crippen molar-refractivity contribution < 1.29 is 9.90 Å². The Morgan fingerprint density at radius 3 is 2.85 bits per heavy atom. The van der Waals surface area contributed by atoms with E-state index >= 15 is 0 Å². The summed E-state index contributed by atoms with van der Waals surface area (Å²) in [7, 11) is 0. The lowest BCUT2D eigenvalue weighted by Gasteiger charge is -2.12. The Labute approximate surface area is 123 Å². The van der Waals surface area contributed by atoms with Gasteiger partial charge in [-0.15, -0.1) is 11.3 Å². The van der Waals surface area contributed by atoms with E-state index in [-0.39, 0.29) is 0 Å². The van der Waals surface area contributed by atoms with E-state index in [2.05, 4.69) is 16.4 Å². The van der Waals surface area contributed by atoms with Gasteiger partial charge in [0.15, 0.2) is 0 Å². The molecular weight excluding hydrogens is 272 g/mol. The number of nitrogens with zero attached hydrogens (tertiary/aromatic N) is 1. The van der Waals surface area contributed by atoms with Crippen molar-refractivity contribution in [2.45, 2.75) is 45.4 Å². The van der Waals surface area contributed by atoms with E-state index in [1.165, 1.54) is 37.0 Å². The molecule has 4 nitrogen and oxygen atoms in total. The highest BCUT2D eigenvalue weighted by Gasteiger charge is 2.13. The first kappa shape index (κ1) is 15.2. The van der Waals surface area contributed by atoms with Crippen LogP contribution in [0.2, 0.25) is 0 Å². The third kappa shape index (κ3) is 4.42. The van der Waals surface area contributed by atoms with Gasteiger partial charge >= 0.3 is 5.97 Å². The van der Waals surface area contributed by atoms with E-state index in [9.17, 15) is 4.79 Å². The molecule has 0 bridgehead atoms. The molecule has 110 valence electrons. The van der Waals surface area contributed by atoms with Crippen LogP contribution >= 0.6 is 11.3 Å². The lowest BCUT2D eigenvalue weighted by atomic mass is 9.97. The molecule has 5 heteroatoms. The number of aromatic carboxylic acids is 1. The first-order chi connectivity index (χ1) is 9.66. The SMILES string of the molecule is Cc1nc(CCNCCC2=CCCCC2)sc1C(=O)O. The van der Waals surface area contributed by atoms with Crippen LogP contribution in [0.5, 0.6) is 0 Å². The first-order valence-corrected chi connectivity index (χ1v) is 8.06. The van der Waals surface area contributed by atoms with Gasteiger partial charge in [0.05, 0.1) is 10.7 Å². The zero-order valence-corrected chi connectivity index (χ0v) is 12.8. The van der Waals surface area contributed by atoms with Gasteiger partial charge in [-0.1, -0.05) is 11.6 Å². The maximum Gasteiger partial charge on any atom is 0.347 e. The van der Waals surface area contributed by atoms with Gasteiger partial charge < -0.3 is 10.4 Å². The second-order valence-corrected chi connectivity index (χ2v) is 6.27. The van der Waals surface area contributed by atoms with Crippen molar-refractivity contribution >= 4 is 17.3 Å². The van der Waals surface area contributed by atoms with E-state index in [1.54, 1.807) is 12.5 Å². The summed E-state index contributed by atoms with van der Waals surface area (Å²) in [6.45, 7) is 3.62. The molecule has 0 aliphatic heterocycles. The molecule has 0 spiro atoms. The number of allylic oxidation sites excluding steroid dienone is 1. The molecule has 20 heavy (non-hydrogen) atoms. The number of hydrogen-bond donors (Lipinski definition) is 2. The normalized spacial score (nSPS) is 15.2. The Morgan fingerprint density at radius 1 is 1.40 bits per heavy atom. The molecule has 1 aromatic rings. The van der Waals surface area contributed by atoms with Crippen LogP contribution < -0.4 is 5.32 Å². The van der Waals surface area contributed by atoms with Crippen molar-refractivity contribution in [3.63, 3.8) is 0 Å². The lowest BCUT2D eigenvalue weighted by Crippen LogP contribution is -2.19. The van der Waals surface area contributed by atoms with Gasteiger partial charge in [-0.2, -0.15) is 0 Å². The summed E-state index contributed by atoms with van der Waals surface area (Å²) in [6, 6.07) is 0.